The molecule has 0 radical (unpaired) electrons. The predicted molar refractivity (Wildman–Crippen MR) is 110 cm³/mol. The number of carbonyl (C=O) groups is 2. The molecule has 2 rings (SSSR count). The molecule has 0 bridgehead atoms. The Morgan fingerprint density at radius 3 is 2.32 bits per heavy atom. The van der Waals surface area contributed by atoms with Crippen molar-refractivity contribution in [2.45, 2.75) is 32.2 Å². The number of hydrogen-bond acceptors (Lipinski definition) is 3. The van der Waals surface area contributed by atoms with E-state index in [1.807, 2.05) is 18.2 Å². The van der Waals surface area contributed by atoms with Gasteiger partial charge < -0.3 is 10.6 Å². The van der Waals surface area contributed by atoms with Crippen molar-refractivity contribution >= 4 is 17.5 Å². The average Bonchev–Trinajstić information content (AvgIpc) is 2.70. The van der Waals surface area contributed by atoms with Crippen molar-refractivity contribution in [3.8, 4) is 0 Å². The highest BCUT2D eigenvalue weighted by Gasteiger charge is 2.21. The maximum absolute atomic E-state index is 12.9. The molecule has 2 aromatic carbocycles. The van der Waals surface area contributed by atoms with Gasteiger partial charge in [0, 0.05) is 18.2 Å². The van der Waals surface area contributed by atoms with E-state index in [2.05, 4.69) is 29.7 Å². The average molecular weight is 385 g/mol. The molecule has 0 saturated carbocycles. The first-order valence-electron chi connectivity index (χ1n) is 9.49. The molecule has 0 aliphatic rings. The summed E-state index contributed by atoms with van der Waals surface area (Å²) in [6.07, 6.45) is 0.925. The van der Waals surface area contributed by atoms with Gasteiger partial charge in [-0.25, -0.2) is 4.39 Å². The Morgan fingerprint density at radius 2 is 1.71 bits per heavy atom. The molecule has 0 heterocycles. The number of amides is 2. The molecule has 28 heavy (non-hydrogen) atoms. The van der Waals surface area contributed by atoms with Gasteiger partial charge >= 0.3 is 0 Å². The maximum atomic E-state index is 12.9. The third-order valence-electron chi connectivity index (χ3n) is 4.85. The molecule has 6 heteroatoms. The second-order valence-corrected chi connectivity index (χ2v) is 6.91. The number of nitrogens with one attached hydrogen (secondary N) is 2. The molecule has 0 aromatic heterocycles. The third kappa shape index (κ3) is 6.46. The standard InChI is InChI=1S/C22H28FN3O2/c1-4-17(18-8-6-5-7-9-18)14-24-22(28)16(2)26(3)15-21(27)25-20-12-10-19(23)11-13-20/h5-13,16-17H,4,14-15H2,1-3H3,(H,24,28)(H,25,27)/t16-,17+/m1/s1. The quantitative estimate of drug-likeness (QED) is 0.696. The number of hydrogen-bond donors (Lipinski definition) is 2. The van der Waals surface area contributed by atoms with Crippen molar-refractivity contribution < 1.29 is 14.0 Å². The number of benzene rings is 2. The van der Waals surface area contributed by atoms with Crippen LogP contribution in [0, 0.1) is 5.82 Å². The minimum Gasteiger partial charge on any atom is -0.354 e. The first-order chi connectivity index (χ1) is 13.4. The topological polar surface area (TPSA) is 61.4 Å². The Kier molecular flexibility index (Phi) is 8.14. The molecule has 0 saturated heterocycles. The van der Waals surface area contributed by atoms with E-state index in [0.29, 0.717) is 12.2 Å². The van der Waals surface area contributed by atoms with Crippen LogP contribution < -0.4 is 10.6 Å². The molecular formula is C22H28FN3O2. The van der Waals surface area contributed by atoms with E-state index < -0.39 is 6.04 Å². The summed E-state index contributed by atoms with van der Waals surface area (Å²) in [4.78, 5) is 26.3. The Balaban J connectivity index is 1.82. The highest BCUT2D eigenvalue weighted by molar-refractivity contribution is 5.92. The van der Waals surface area contributed by atoms with E-state index in [9.17, 15) is 14.0 Å². The fourth-order valence-electron chi connectivity index (χ4n) is 2.89. The fraction of sp³-hybridized carbons (Fsp3) is 0.364. The molecule has 2 amide bonds. The maximum Gasteiger partial charge on any atom is 0.238 e. The van der Waals surface area contributed by atoms with Crippen molar-refractivity contribution in [3.63, 3.8) is 0 Å². The lowest BCUT2D eigenvalue weighted by molar-refractivity contribution is -0.126. The molecule has 0 fully saturated rings. The van der Waals surface area contributed by atoms with Gasteiger partial charge in [-0.3, -0.25) is 14.5 Å². The van der Waals surface area contributed by atoms with E-state index >= 15 is 0 Å². The first kappa shape index (κ1) is 21.6. The number of likely N-dealkylation sites (N-methyl/N-ethyl adjacent to an activating group) is 1. The minimum absolute atomic E-state index is 0.0574. The highest BCUT2D eigenvalue weighted by Crippen LogP contribution is 2.18. The van der Waals surface area contributed by atoms with Gasteiger partial charge in [-0.2, -0.15) is 0 Å². The number of halogens is 1. The molecule has 150 valence electrons. The summed E-state index contributed by atoms with van der Waals surface area (Å²) in [6.45, 7) is 4.48. The van der Waals surface area contributed by atoms with Crippen molar-refractivity contribution in [1.82, 2.24) is 10.2 Å². The summed E-state index contributed by atoms with van der Waals surface area (Å²) >= 11 is 0. The zero-order valence-electron chi connectivity index (χ0n) is 16.6. The van der Waals surface area contributed by atoms with Crippen molar-refractivity contribution in [3.05, 3.63) is 66.0 Å². The van der Waals surface area contributed by atoms with Crippen molar-refractivity contribution in [2.24, 2.45) is 0 Å². The number of anilines is 1. The number of carbonyl (C=O) groups excluding carboxylic acids is 2. The second kappa shape index (κ2) is 10.6. The lowest BCUT2D eigenvalue weighted by Gasteiger charge is -2.24. The Hall–Kier alpha value is -2.73. The van der Waals surface area contributed by atoms with E-state index in [1.165, 1.54) is 29.8 Å². The van der Waals surface area contributed by atoms with Gasteiger partial charge in [0.2, 0.25) is 11.8 Å². The third-order valence-corrected chi connectivity index (χ3v) is 4.85. The molecule has 0 aliphatic heterocycles. The SMILES string of the molecule is CC[C@@H](CNC(=O)[C@@H](C)N(C)CC(=O)Nc1ccc(F)cc1)c1ccccc1. The first-order valence-corrected chi connectivity index (χ1v) is 9.49. The van der Waals surface area contributed by atoms with Gasteiger partial charge in [-0.05, 0) is 50.2 Å². The zero-order chi connectivity index (χ0) is 20.5. The highest BCUT2D eigenvalue weighted by atomic mass is 19.1. The van der Waals surface area contributed by atoms with Crippen LogP contribution in [0.25, 0.3) is 0 Å². The summed E-state index contributed by atoms with van der Waals surface area (Å²) in [6, 6.07) is 15.2. The van der Waals surface area contributed by atoms with Crippen molar-refractivity contribution in [2.75, 3.05) is 25.5 Å². The minimum atomic E-state index is -0.452. The van der Waals surface area contributed by atoms with Gasteiger partial charge in [-0.15, -0.1) is 0 Å². The lowest BCUT2D eigenvalue weighted by atomic mass is 9.96. The van der Waals surface area contributed by atoms with E-state index in [1.54, 1.807) is 18.9 Å². The lowest BCUT2D eigenvalue weighted by Crippen LogP contribution is -2.46. The molecular weight excluding hydrogens is 357 g/mol. The van der Waals surface area contributed by atoms with Crippen LogP contribution in [-0.4, -0.2) is 42.9 Å². The van der Waals surface area contributed by atoms with E-state index in [-0.39, 0.29) is 30.1 Å². The normalized spacial score (nSPS) is 13.0. The number of rotatable bonds is 9. The largest absolute Gasteiger partial charge is 0.354 e. The van der Waals surface area contributed by atoms with Crippen LogP contribution in [0.4, 0.5) is 10.1 Å². The van der Waals surface area contributed by atoms with Crippen LogP contribution in [0.5, 0.6) is 0 Å². The zero-order valence-corrected chi connectivity index (χ0v) is 16.6. The van der Waals surface area contributed by atoms with Crippen molar-refractivity contribution in [1.29, 1.82) is 0 Å². The molecule has 0 unspecified atom stereocenters. The van der Waals surface area contributed by atoms with Crippen LogP contribution in [0.3, 0.4) is 0 Å². The molecule has 2 aromatic rings. The second-order valence-electron chi connectivity index (χ2n) is 6.91. The Labute approximate surface area is 165 Å². The van der Waals surface area contributed by atoms with E-state index in [4.69, 9.17) is 0 Å². The smallest absolute Gasteiger partial charge is 0.238 e. The summed E-state index contributed by atoms with van der Waals surface area (Å²) in [5, 5.41) is 5.68. The van der Waals surface area contributed by atoms with E-state index in [0.717, 1.165) is 6.42 Å². The van der Waals surface area contributed by atoms with Crippen LogP contribution in [0.2, 0.25) is 0 Å². The van der Waals surface area contributed by atoms with Gasteiger partial charge in [0.05, 0.1) is 12.6 Å². The summed E-state index contributed by atoms with van der Waals surface area (Å²) in [7, 11) is 1.73. The van der Waals surface area contributed by atoms with Crippen LogP contribution in [0.15, 0.2) is 54.6 Å². The fourth-order valence-corrected chi connectivity index (χ4v) is 2.89. The molecule has 0 aliphatic carbocycles. The van der Waals surface area contributed by atoms with Crippen LogP contribution in [-0.2, 0) is 9.59 Å². The Bertz CT molecular complexity index is 765. The summed E-state index contributed by atoms with van der Waals surface area (Å²) < 4.78 is 12.9. The summed E-state index contributed by atoms with van der Waals surface area (Å²) in [5.74, 6) is -0.485. The Morgan fingerprint density at radius 1 is 1.07 bits per heavy atom. The van der Waals surface area contributed by atoms with Crippen LogP contribution >= 0.6 is 0 Å². The number of nitrogens with zero attached hydrogens (tertiary/aromatic N) is 1. The molecule has 2 N–H and O–H groups in total. The molecule has 5 nitrogen and oxygen atoms in total. The van der Waals surface area contributed by atoms with Crippen LogP contribution in [0.1, 0.15) is 31.7 Å². The van der Waals surface area contributed by atoms with Gasteiger partial charge in [0.1, 0.15) is 5.82 Å². The monoisotopic (exact) mass is 385 g/mol. The van der Waals surface area contributed by atoms with Gasteiger partial charge in [0.25, 0.3) is 0 Å². The van der Waals surface area contributed by atoms with Gasteiger partial charge in [-0.1, -0.05) is 37.3 Å². The van der Waals surface area contributed by atoms with Gasteiger partial charge in [0.15, 0.2) is 0 Å². The molecule has 2 atom stereocenters. The molecule has 0 spiro atoms. The summed E-state index contributed by atoms with van der Waals surface area (Å²) in [5.41, 5.74) is 1.72. The predicted octanol–water partition coefficient (Wildman–Crippen LogP) is 3.39.